The Labute approximate surface area is 67.1 Å². The summed E-state index contributed by atoms with van der Waals surface area (Å²) < 4.78 is 4.53. The number of esters is 1. The fourth-order valence-corrected chi connectivity index (χ4v) is 0.650. The maximum Gasteiger partial charge on any atom is 0.323 e. The molecule has 0 saturated heterocycles. The number of likely N-dealkylation sites (N-methyl/N-ethyl adjacent to an activating group) is 1. The van der Waals surface area contributed by atoms with Gasteiger partial charge in [0, 0.05) is 6.42 Å². The molecule has 3 nitrogen and oxygen atoms in total. The molecule has 0 aromatic carbocycles. The Morgan fingerprint density at radius 3 is 2.73 bits per heavy atom. The Balaban J connectivity index is 3.91. The van der Waals surface area contributed by atoms with Gasteiger partial charge in [-0.1, -0.05) is 0 Å². The minimum atomic E-state index is -0.299. The molecule has 0 fully saturated rings. The highest BCUT2D eigenvalue weighted by Gasteiger charge is 2.14. The zero-order valence-corrected chi connectivity index (χ0v) is 7.10. The highest BCUT2D eigenvalue weighted by atomic mass is 16.5. The maximum atomic E-state index is 10.9. The van der Waals surface area contributed by atoms with Gasteiger partial charge in [-0.25, -0.2) is 0 Å². The van der Waals surface area contributed by atoms with Crippen LogP contribution in [0.5, 0.6) is 0 Å². The standard InChI is InChI=1S/C8H13NO2/c1-4-5-6-7(9-2)8(10)11-3/h7,9H,6H2,1-3H3. The lowest BCUT2D eigenvalue weighted by Crippen LogP contribution is -2.34. The monoisotopic (exact) mass is 155 g/mol. The number of methoxy groups -OCH3 is 1. The third kappa shape index (κ3) is 3.64. The van der Waals surface area contributed by atoms with Gasteiger partial charge < -0.3 is 10.1 Å². The molecule has 0 aliphatic rings. The van der Waals surface area contributed by atoms with E-state index in [0.717, 1.165) is 0 Å². The molecule has 0 rings (SSSR count). The molecule has 0 aliphatic heterocycles. The third-order valence-corrected chi connectivity index (χ3v) is 1.32. The van der Waals surface area contributed by atoms with Crippen molar-refractivity contribution in [3.63, 3.8) is 0 Å². The maximum absolute atomic E-state index is 10.9. The summed E-state index contributed by atoms with van der Waals surface area (Å²) in [5, 5.41) is 2.81. The summed E-state index contributed by atoms with van der Waals surface area (Å²) in [4.78, 5) is 10.9. The van der Waals surface area contributed by atoms with Gasteiger partial charge in [0.05, 0.1) is 7.11 Å². The third-order valence-electron chi connectivity index (χ3n) is 1.32. The van der Waals surface area contributed by atoms with Crippen molar-refractivity contribution < 1.29 is 9.53 Å². The van der Waals surface area contributed by atoms with Crippen molar-refractivity contribution in [2.24, 2.45) is 0 Å². The molecule has 0 aromatic rings. The van der Waals surface area contributed by atoms with E-state index < -0.39 is 0 Å². The number of hydrogen-bond acceptors (Lipinski definition) is 3. The number of carbonyl (C=O) groups excluding carboxylic acids is 1. The summed E-state index contributed by atoms with van der Waals surface area (Å²) in [5.41, 5.74) is 0. The predicted octanol–water partition coefficient (Wildman–Crippen LogP) is 0.161. The van der Waals surface area contributed by atoms with Crippen molar-refractivity contribution >= 4 is 5.97 Å². The van der Waals surface area contributed by atoms with Crippen LogP contribution < -0.4 is 5.32 Å². The summed E-state index contributed by atoms with van der Waals surface area (Å²) in [6, 6.07) is -0.299. The van der Waals surface area contributed by atoms with Crippen molar-refractivity contribution in [3.8, 4) is 11.8 Å². The summed E-state index contributed by atoms with van der Waals surface area (Å²) in [6.45, 7) is 1.74. The van der Waals surface area contributed by atoms with Gasteiger partial charge in [0.15, 0.2) is 0 Å². The van der Waals surface area contributed by atoms with E-state index in [9.17, 15) is 4.79 Å². The highest BCUT2D eigenvalue weighted by Crippen LogP contribution is 1.91. The van der Waals surface area contributed by atoms with Crippen molar-refractivity contribution in [1.29, 1.82) is 0 Å². The van der Waals surface area contributed by atoms with Gasteiger partial charge in [-0.15, -0.1) is 11.8 Å². The lowest BCUT2D eigenvalue weighted by Gasteiger charge is -2.08. The van der Waals surface area contributed by atoms with Gasteiger partial charge in [0.1, 0.15) is 6.04 Å². The second kappa shape index (κ2) is 5.75. The average molecular weight is 155 g/mol. The lowest BCUT2D eigenvalue weighted by molar-refractivity contribution is -0.142. The number of carbonyl (C=O) groups is 1. The summed E-state index contributed by atoms with van der Waals surface area (Å²) in [5.74, 6) is 5.25. The van der Waals surface area contributed by atoms with Crippen LogP contribution >= 0.6 is 0 Å². The fraction of sp³-hybridized carbons (Fsp3) is 0.625. The number of hydrogen-bond donors (Lipinski definition) is 1. The van der Waals surface area contributed by atoms with E-state index in [0.29, 0.717) is 6.42 Å². The van der Waals surface area contributed by atoms with Crippen molar-refractivity contribution in [2.75, 3.05) is 14.2 Å². The molecule has 3 heteroatoms. The van der Waals surface area contributed by atoms with E-state index in [-0.39, 0.29) is 12.0 Å². The molecular formula is C8H13NO2. The largest absolute Gasteiger partial charge is 0.468 e. The molecule has 0 spiro atoms. The Kier molecular flexibility index (Phi) is 5.22. The zero-order chi connectivity index (χ0) is 8.69. The normalized spacial score (nSPS) is 11.2. The summed E-state index contributed by atoms with van der Waals surface area (Å²) in [6.07, 6.45) is 0.500. The number of rotatable bonds is 3. The summed E-state index contributed by atoms with van der Waals surface area (Å²) >= 11 is 0. The molecular weight excluding hydrogens is 142 g/mol. The lowest BCUT2D eigenvalue weighted by atomic mass is 10.2. The van der Waals surface area contributed by atoms with Crippen LogP contribution in [0.3, 0.4) is 0 Å². The molecule has 0 heterocycles. The molecule has 0 aliphatic carbocycles. The first kappa shape index (κ1) is 9.99. The minimum absolute atomic E-state index is 0.268. The van der Waals surface area contributed by atoms with Crippen molar-refractivity contribution in [3.05, 3.63) is 0 Å². The van der Waals surface area contributed by atoms with E-state index in [1.807, 2.05) is 0 Å². The average Bonchev–Trinajstić information content (AvgIpc) is 2.05. The Hall–Kier alpha value is -1.01. The quantitative estimate of drug-likeness (QED) is 0.466. The van der Waals surface area contributed by atoms with Gasteiger partial charge in [-0.05, 0) is 14.0 Å². The summed E-state index contributed by atoms with van der Waals surface area (Å²) in [7, 11) is 3.07. The number of ether oxygens (including phenoxy) is 1. The van der Waals surface area contributed by atoms with E-state index in [1.54, 1.807) is 14.0 Å². The van der Waals surface area contributed by atoms with E-state index in [4.69, 9.17) is 0 Å². The van der Waals surface area contributed by atoms with E-state index >= 15 is 0 Å². The molecule has 11 heavy (non-hydrogen) atoms. The first-order valence-corrected chi connectivity index (χ1v) is 3.41. The van der Waals surface area contributed by atoms with Crippen LogP contribution in [-0.2, 0) is 9.53 Å². The topological polar surface area (TPSA) is 38.3 Å². The first-order chi connectivity index (χ1) is 5.26. The van der Waals surface area contributed by atoms with Crippen LogP contribution in [0.2, 0.25) is 0 Å². The fourth-order valence-electron chi connectivity index (χ4n) is 0.650. The molecule has 0 bridgehead atoms. The van der Waals surface area contributed by atoms with Gasteiger partial charge in [-0.2, -0.15) is 0 Å². The second-order valence-electron chi connectivity index (χ2n) is 2.00. The molecule has 1 N–H and O–H groups in total. The van der Waals surface area contributed by atoms with Gasteiger partial charge in [0.25, 0.3) is 0 Å². The Bertz CT molecular complexity index is 178. The van der Waals surface area contributed by atoms with Gasteiger partial charge in [0.2, 0.25) is 0 Å². The molecule has 0 amide bonds. The van der Waals surface area contributed by atoms with Crippen LogP contribution in [0.4, 0.5) is 0 Å². The van der Waals surface area contributed by atoms with Crippen LogP contribution in [-0.4, -0.2) is 26.2 Å². The van der Waals surface area contributed by atoms with Crippen LogP contribution in [0.1, 0.15) is 13.3 Å². The zero-order valence-electron chi connectivity index (χ0n) is 7.10. The number of nitrogens with one attached hydrogen (secondary N) is 1. The molecule has 0 radical (unpaired) electrons. The Morgan fingerprint density at radius 1 is 1.73 bits per heavy atom. The molecule has 1 atom stereocenters. The smallest absolute Gasteiger partial charge is 0.323 e. The second-order valence-corrected chi connectivity index (χ2v) is 2.00. The van der Waals surface area contributed by atoms with Crippen LogP contribution in [0.25, 0.3) is 0 Å². The van der Waals surface area contributed by atoms with Crippen LogP contribution in [0.15, 0.2) is 0 Å². The van der Waals surface area contributed by atoms with Crippen LogP contribution in [0, 0.1) is 11.8 Å². The minimum Gasteiger partial charge on any atom is -0.468 e. The molecule has 1 unspecified atom stereocenters. The Morgan fingerprint density at radius 2 is 2.36 bits per heavy atom. The predicted molar refractivity (Wildman–Crippen MR) is 42.9 cm³/mol. The highest BCUT2D eigenvalue weighted by molar-refractivity contribution is 5.75. The van der Waals surface area contributed by atoms with Crippen molar-refractivity contribution in [2.45, 2.75) is 19.4 Å². The molecule has 0 saturated carbocycles. The van der Waals surface area contributed by atoms with Gasteiger partial charge >= 0.3 is 5.97 Å². The van der Waals surface area contributed by atoms with E-state index in [2.05, 4.69) is 21.9 Å². The van der Waals surface area contributed by atoms with E-state index in [1.165, 1.54) is 7.11 Å². The van der Waals surface area contributed by atoms with Crippen molar-refractivity contribution in [1.82, 2.24) is 5.32 Å². The molecule has 62 valence electrons. The molecule has 0 aromatic heterocycles. The SMILES string of the molecule is CC#CCC(NC)C(=O)OC. The van der Waals surface area contributed by atoms with Gasteiger partial charge in [-0.3, -0.25) is 4.79 Å². The first-order valence-electron chi connectivity index (χ1n) is 3.41.